The monoisotopic (exact) mass is 1910 g/mol. The number of imide groups is 2. The zero-order valence-electron chi connectivity index (χ0n) is 77.1. The van der Waals surface area contributed by atoms with Crippen LogP contribution in [0.1, 0.15) is 232 Å². The molecule has 0 bridgehead atoms. The van der Waals surface area contributed by atoms with Gasteiger partial charge in [0.1, 0.15) is 45.9 Å². The maximum atomic E-state index is 14.4. The Labute approximate surface area is 792 Å². The number of hydrogen-bond donors (Lipinski definition) is 2. The van der Waals surface area contributed by atoms with Crippen LogP contribution in [0.15, 0.2) is 167 Å². The number of esters is 5. The molecule has 0 spiro atoms. The topological polar surface area (TPSA) is 469 Å². The number of amides is 6. The van der Waals surface area contributed by atoms with Gasteiger partial charge in [0.15, 0.2) is 46.0 Å². The van der Waals surface area contributed by atoms with Crippen LogP contribution in [0, 0.1) is 25.7 Å². The molecule has 39 heteroatoms. The molecule has 9 heterocycles. The lowest BCUT2D eigenvalue weighted by molar-refractivity contribution is -0.263. The Morgan fingerprint density at radius 2 is 0.861 bits per heavy atom. The fourth-order valence-corrected chi connectivity index (χ4v) is 17.3. The van der Waals surface area contributed by atoms with Crippen LogP contribution in [0.25, 0.3) is 0 Å². The van der Waals surface area contributed by atoms with Crippen LogP contribution in [0.3, 0.4) is 0 Å². The van der Waals surface area contributed by atoms with E-state index in [9.17, 15) is 77.0 Å². The Morgan fingerprint density at radius 3 is 1.20 bits per heavy atom. The summed E-state index contributed by atoms with van der Waals surface area (Å²) in [5.41, 5.74) is -4.24. The Hall–Kier alpha value is -14.3. The minimum absolute atomic E-state index is 0.0103. The van der Waals surface area contributed by atoms with Gasteiger partial charge in [-0.3, -0.25) is 62.6 Å². The molecule has 7 aliphatic heterocycles. The summed E-state index contributed by atoms with van der Waals surface area (Å²) < 4.78 is 53.2. The van der Waals surface area contributed by atoms with E-state index in [0.717, 1.165) is 11.4 Å². The molecule has 9 aliphatic rings. The van der Waals surface area contributed by atoms with Crippen LogP contribution in [0.4, 0.5) is 0 Å². The highest BCUT2D eigenvalue weighted by Gasteiger charge is 2.67. The number of benzene rings is 6. The van der Waals surface area contributed by atoms with E-state index in [1.807, 2.05) is 128 Å². The summed E-state index contributed by atoms with van der Waals surface area (Å²) in [7, 11) is 0. The van der Waals surface area contributed by atoms with E-state index in [1.165, 1.54) is 46.9 Å². The Balaban J connectivity index is 0.000000174. The number of aliphatic carboxylic acids is 1. The van der Waals surface area contributed by atoms with Crippen LogP contribution < -0.4 is 24.4 Å². The predicted octanol–water partition coefficient (Wildman–Crippen LogP) is 11.9. The fraction of sp³-hybridized carbons (Fsp3) is 0.398. The third kappa shape index (κ3) is 19.8. The molecule has 2 N–H and O–H groups in total. The molecule has 5 atom stereocenters. The van der Waals surface area contributed by atoms with E-state index in [1.54, 1.807) is 101 Å². The van der Waals surface area contributed by atoms with Crippen LogP contribution in [0.5, 0.6) is 23.0 Å². The molecule has 6 aromatic carbocycles. The molecule has 8 aromatic rings. The number of Topliss-reactive ketones (excluding diaryl/α,β-unsaturated/α-hetero) is 3. The van der Waals surface area contributed by atoms with E-state index in [2.05, 4.69) is 25.8 Å². The molecule has 3 saturated heterocycles. The summed E-state index contributed by atoms with van der Waals surface area (Å²) in [5, 5.41) is 23.2. The lowest BCUT2D eigenvalue weighted by atomic mass is 9.80. The maximum Gasteiger partial charge on any atom is 0.375 e. The first-order chi connectivity index (χ1) is 64.6. The summed E-state index contributed by atoms with van der Waals surface area (Å²) in [6, 6.07) is 38.3. The van der Waals surface area contributed by atoms with Gasteiger partial charge in [0, 0.05) is 78.0 Å². The molecular formula is C98H98N8O29S2. The predicted molar refractivity (Wildman–Crippen MR) is 481 cm³/mol. The van der Waals surface area contributed by atoms with Gasteiger partial charge in [-0.05, 0) is 134 Å². The van der Waals surface area contributed by atoms with E-state index >= 15 is 0 Å². The normalized spacial score (nSPS) is 20.4. The number of hydroxylamine groups is 3. The highest BCUT2D eigenvalue weighted by Crippen LogP contribution is 2.53. The van der Waals surface area contributed by atoms with Gasteiger partial charge < -0.3 is 57.4 Å². The minimum Gasteiger partial charge on any atom is -0.480 e. The smallest absolute Gasteiger partial charge is 0.375 e. The number of aromatic nitrogens is 2. The van der Waals surface area contributed by atoms with E-state index in [0.29, 0.717) is 79.9 Å². The Kier molecular flexibility index (Phi) is 26.5. The van der Waals surface area contributed by atoms with Crippen LogP contribution in [-0.2, 0) is 107 Å². The van der Waals surface area contributed by atoms with E-state index in [-0.39, 0.29) is 81.3 Å². The standard InChI is InChI=1S/C49H48N4O14S.C30H25NO9.C19H25N3O6S/c1-27-50-33(26-68-27)38(51-67-47(19-14-20-47)43(59)65-45(2,3)4)35(54)21-28-25-61-53(39(28)55)48(44(60)66-46(5,6)7)24-34(42(58)64-48)52-40(56)31-22-36-37(23-32(31)41(52)57)63-49(62-36,29-15-10-8-11-16-29)30-17-12-9-13-18-30;1-29(2,3)40-28(37)22(32)16-21(27(35)36)31-25(33)19-14-23-24(15-20(19)26(31)34)39-30(38-23,17-10-6-4-7-11-17)18-12-8-5-9-13-18;1-11-20-13(10-29-11)15(14(23)8-12-9-26-22-16(12)24)21-28-19(6-5-7-19)17(25)27-18(2,3)4/h8-13,15-18,22-23,26,28,34H,14,19-21,24-25H2,1-7H3;4-15,21H,16H2,1-3H3,(H,35,36);10,12H,5-9H2,1-4H3,(H,22,24)/b51-38-;;21-15-/t28-,34-,48?;21-;12-/m000/s1. The molecule has 0 radical (unpaired) electrons. The molecule has 6 amide bonds. The Morgan fingerprint density at radius 1 is 0.489 bits per heavy atom. The molecular weight excluding hydrogens is 1820 g/mol. The van der Waals surface area contributed by atoms with Crippen molar-refractivity contribution in [2.24, 2.45) is 22.1 Å². The number of thiazole rings is 2. The number of carboxylic acids is 1. The largest absolute Gasteiger partial charge is 0.480 e. The number of carboxylic acid groups (broad SMARTS) is 1. The second-order valence-corrected chi connectivity index (χ2v) is 39.9. The van der Waals surface area contributed by atoms with Crippen molar-refractivity contribution in [3.05, 3.63) is 222 Å². The molecule has 2 aliphatic carbocycles. The number of cyclic esters (lactones) is 1. The van der Waals surface area contributed by atoms with Crippen molar-refractivity contribution < 1.29 is 139 Å². The van der Waals surface area contributed by atoms with E-state index in [4.69, 9.17) is 62.0 Å². The zero-order valence-corrected chi connectivity index (χ0v) is 78.8. The van der Waals surface area contributed by atoms with Gasteiger partial charge in [0.05, 0.1) is 63.7 Å². The van der Waals surface area contributed by atoms with Gasteiger partial charge in [-0.1, -0.05) is 132 Å². The SMILES string of the molecule is CC(C)(C)OC(=O)C(=O)C[C@@H](C(=O)O)N1C(=O)c2cc3c(cc2C1=O)OC(c1ccccc1)(c1ccccc1)O3.Cc1nc(/C(=N/OC2(C(=O)OC(C)(C)C)CCC2)C(=O)C[C@H]2CON(C3(C(=O)OC(C)(C)C)C[C@H](N4C(=O)c5cc6c(cc5C4=O)OC(c4ccccc4)(c4ccccc4)O6)C(=O)O3)C2=O)cs1.Cc1nc(/C(=N/OC2(C(=O)OC(C)(C)C)CCC2)C(=O)C[C@H]2CONC2=O)cs1. The maximum absolute atomic E-state index is 14.4. The van der Waals surface area contributed by atoms with Crippen molar-refractivity contribution in [1.29, 1.82) is 0 Å². The number of hydrogen-bond acceptors (Lipinski definition) is 34. The van der Waals surface area contributed by atoms with Crippen molar-refractivity contribution in [1.82, 2.24) is 30.3 Å². The summed E-state index contributed by atoms with van der Waals surface area (Å²) in [6.07, 6.45) is 0.630. The second-order valence-electron chi connectivity index (χ2n) is 37.8. The summed E-state index contributed by atoms with van der Waals surface area (Å²) >= 11 is 2.61. The molecule has 716 valence electrons. The first kappa shape index (κ1) is 97.2. The molecule has 137 heavy (non-hydrogen) atoms. The number of ketones is 3. The fourth-order valence-electron chi connectivity index (χ4n) is 16.1. The van der Waals surface area contributed by atoms with Gasteiger partial charge in [0.2, 0.25) is 22.9 Å². The van der Waals surface area contributed by atoms with Gasteiger partial charge in [-0.15, -0.1) is 22.7 Å². The lowest BCUT2D eigenvalue weighted by Gasteiger charge is -2.38. The lowest BCUT2D eigenvalue weighted by Crippen LogP contribution is -2.57. The second kappa shape index (κ2) is 37.4. The third-order valence-corrected chi connectivity index (χ3v) is 24.5. The first-order valence-electron chi connectivity index (χ1n) is 44.0. The number of oxime groups is 2. The number of carbonyl (C=O) groups is 15. The van der Waals surface area contributed by atoms with Crippen molar-refractivity contribution in [3.8, 4) is 23.0 Å². The number of fused-ring (bicyclic) bond motifs is 4. The average Bonchev–Trinajstić information content (AvgIpc) is 1.58. The van der Waals surface area contributed by atoms with Crippen LogP contribution >= 0.6 is 22.7 Å². The molecule has 5 fully saturated rings. The number of ether oxygens (including phenoxy) is 9. The number of nitrogens with one attached hydrogen (secondary N) is 1. The van der Waals surface area contributed by atoms with Crippen LogP contribution in [0.2, 0.25) is 0 Å². The number of carbonyl (C=O) groups excluding carboxylic acids is 14. The molecule has 37 nitrogen and oxygen atoms in total. The van der Waals surface area contributed by atoms with Gasteiger partial charge in [-0.2, -0.15) is 5.06 Å². The molecule has 17 rings (SSSR count). The third-order valence-electron chi connectivity index (χ3n) is 23.0. The average molecular weight is 1920 g/mol. The summed E-state index contributed by atoms with van der Waals surface area (Å²) in [5.74, 6) is -17.7. The number of rotatable bonds is 26. The molecule has 1 unspecified atom stereocenters. The minimum atomic E-state index is -2.64. The summed E-state index contributed by atoms with van der Waals surface area (Å²) in [4.78, 5) is 231. The first-order valence-corrected chi connectivity index (χ1v) is 45.7. The Bertz CT molecular complexity index is 6100. The van der Waals surface area contributed by atoms with Crippen molar-refractivity contribution in [3.63, 3.8) is 0 Å². The molecule has 2 saturated carbocycles. The molecule has 2 aromatic heterocycles. The number of aryl methyl sites for hydroxylation is 2. The van der Waals surface area contributed by atoms with Crippen molar-refractivity contribution in [2.45, 2.75) is 224 Å². The summed E-state index contributed by atoms with van der Waals surface area (Å²) in [6.45, 7) is 23.0. The zero-order chi connectivity index (χ0) is 98.6. The van der Waals surface area contributed by atoms with Gasteiger partial charge >= 0.3 is 53.1 Å². The quantitative estimate of drug-likeness (QED) is 0.0127. The highest BCUT2D eigenvalue weighted by molar-refractivity contribution is 7.10. The van der Waals surface area contributed by atoms with Crippen molar-refractivity contribution >= 4 is 123 Å². The van der Waals surface area contributed by atoms with E-state index < -0.39 is 183 Å². The van der Waals surface area contributed by atoms with Crippen LogP contribution in [-0.4, -0.2) is 195 Å². The number of nitrogens with zero attached hydrogens (tertiary/aromatic N) is 7. The van der Waals surface area contributed by atoms with Gasteiger partial charge in [-0.25, -0.2) is 44.2 Å². The van der Waals surface area contributed by atoms with Crippen molar-refractivity contribution in [2.75, 3.05) is 13.2 Å². The highest BCUT2D eigenvalue weighted by atomic mass is 32.1. The van der Waals surface area contributed by atoms with Gasteiger partial charge in [0.25, 0.3) is 29.5 Å².